The summed E-state index contributed by atoms with van der Waals surface area (Å²) in [7, 11) is 0. The van der Waals surface area contributed by atoms with Gasteiger partial charge in [0.15, 0.2) is 0 Å². The van der Waals surface area contributed by atoms with Crippen LogP contribution in [0.25, 0.3) is 0 Å². The molecule has 2 aromatic heterocycles. The second-order valence-electron chi connectivity index (χ2n) is 8.05. The number of aryl methyl sites for hydroxylation is 1. The largest absolute Gasteiger partial charge is 0.261 e. The topological polar surface area (TPSA) is 25.8 Å². The van der Waals surface area contributed by atoms with Crippen LogP contribution in [0.4, 0.5) is 0 Å². The Kier molecular flexibility index (Phi) is 7.16. The van der Waals surface area contributed by atoms with E-state index in [1.807, 2.05) is 6.20 Å². The molecule has 0 aliphatic carbocycles. The molecule has 0 aliphatic heterocycles. The molecule has 0 aromatic carbocycles. The van der Waals surface area contributed by atoms with Crippen molar-refractivity contribution in [3.63, 3.8) is 0 Å². The molecule has 136 valence electrons. The Hall–Kier alpha value is -1.70. The van der Waals surface area contributed by atoms with Gasteiger partial charge in [0.05, 0.1) is 0 Å². The Balaban J connectivity index is 2.07. The first-order valence-electron chi connectivity index (χ1n) is 9.83. The molecule has 0 saturated heterocycles. The fourth-order valence-corrected chi connectivity index (χ4v) is 3.20. The quantitative estimate of drug-likeness (QED) is 0.581. The second-order valence-corrected chi connectivity index (χ2v) is 8.05. The van der Waals surface area contributed by atoms with Gasteiger partial charge in [-0.25, -0.2) is 0 Å². The first-order chi connectivity index (χ1) is 11.9. The van der Waals surface area contributed by atoms with E-state index in [-0.39, 0.29) is 0 Å². The van der Waals surface area contributed by atoms with E-state index < -0.39 is 0 Å². The molecule has 2 heteroatoms. The summed E-state index contributed by atoms with van der Waals surface area (Å²) in [5, 5.41) is 0. The zero-order chi connectivity index (χ0) is 18.4. The van der Waals surface area contributed by atoms with E-state index in [1.165, 1.54) is 28.2 Å². The highest BCUT2D eigenvalue weighted by Crippen LogP contribution is 2.20. The predicted molar refractivity (Wildman–Crippen MR) is 107 cm³/mol. The molecule has 1 atom stereocenters. The molecule has 2 nitrogen and oxygen atoms in total. The van der Waals surface area contributed by atoms with Crippen LogP contribution in [-0.4, -0.2) is 9.97 Å². The minimum Gasteiger partial charge on any atom is -0.261 e. The monoisotopic (exact) mass is 338 g/mol. The first-order valence-corrected chi connectivity index (χ1v) is 9.83. The Morgan fingerprint density at radius 2 is 1.64 bits per heavy atom. The van der Waals surface area contributed by atoms with Crippen LogP contribution in [0.3, 0.4) is 0 Å². The van der Waals surface area contributed by atoms with Gasteiger partial charge in [-0.2, -0.15) is 0 Å². The molecular weight excluding hydrogens is 304 g/mol. The lowest BCUT2D eigenvalue weighted by molar-refractivity contribution is 0.566. The summed E-state index contributed by atoms with van der Waals surface area (Å²) >= 11 is 0. The van der Waals surface area contributed by atoms with Crippen LogP contribution in [0.2, 0.25) is 0 Å². The van der Waals surface area contributed by atoms with Gasteiger partial charge in [0.2, 0.25) is 0 Å². The highest BCUT2D eigenvalue weighted by molar-refractivity contribution is 5.24. The van der Waals surface area contributed by atoms with Crippen molar-refractivity contribution in [2.45, 2.75) is 79.1 Å². The highest BCUT2D eigenvalue weighted by atomic mass is 14.7. The summed E-state index contributed by atoms with van der Waals surface area (Å²) in [5.41, 5.74) is 6.41. The van der Waals surface area contributed by atoms with Crippen LogP contribution in [0, 0.1) is 5.92 Å². The molecule has 25 heavy (non-hydrogen) atoms. The number of nitrogens with zero attached hydrogens (tertiary/aromatic N) is 2. The summed E-state index contributed by atoms with van der Waals surface area (Å²) in [5.74, 6) is 1.60. The van der Waals surface area contributed by atoms with E-state index >= 15 is 0 Å². The minimum absolute atomic E-state index is 0.483. The molecule has 0 amide bonds. The summed E-state index contributed by atoms with van der Waals surface area (Å²) in [4.78, 5) is 9.49. The van der Waals surface area contributed by atoms with Gasteiger partial charge in [0.1, 0.15) is 0 Å². The van der Waals surface area contributed by atoms with Crippen molar-refractivity contribution in [3.05, 3.63) is 58.7 Å². The molecular formula is C23H34N2. The van der Waals surface area contributed by atoms with Gasteiger partial charge in [-0.05, 0) is 66.3 Å². The zero-order valence-electron chi connectivity index (χ0n) is 16.8. The molecule has 1 unspecified atom stereocenters. The van der Waals surface area contributed by atoms with Gasteiger partial charge in [-0.1, -0.05) is 54.0 Å². The van der Waals surface area contributed by atoms with E-state index in [2.05, 4.69) is 70.8 Å². The molecule has 0 radical (unpaired) electrons. The fraction of sp³-hybridized carbons (Fsp3) is 0.565. The normalized spacial score (nSPS) is 12.8. The Labute approximate surface area is 154 Å². The molecule has 0 spiro atoms. The van der Waals surface area contributed by atoms with Crippen LogP contribution in [0.5, 0.6) is 0 Å². The van der Waals surface area contributed by atoms with E-state index in [4.69, 9.17) is 4.98 Å². The predicted octanol–water partition coefficient (Wildman–Crippen LogP) is 6.10. The molecule has 0 bridgehead atoms. The van der Waals surface area contributed by atoms with Crippen molar-refractivity contribution in [1.29, 1.82) is 0 Å². The highest BCUT2D eigenvalue weighted by Gasteiger charge is 2.11. The van der Waals surface area contributed by atoms with Gasteiger partial charge in [0, 0.05) is 23.3 Å². The van der Waals surface area contributed by atoms with Crippen LogP contribution in [0.15, 0.2) is 30.5 Å². The third-order valence-corrected chi connectivity index (χ3v) is 4.71. The van der Waals surface area contributed by atoms with Crippen LogP contribution < -0.4 is 0 Å². The maximum atomic E-state index is 4.83. The van der Waals surface area contributed by atoms with Gasteiger partial charge in [0.25, 0.3) is 0 Å². The molecule has 2 aromatic rings. The summed E-state index contributed by atoms with van der Waals surface area (Å²) in [6, 6.07) is 9.03. The maximum Gasteiger partial charge on any atom is 0.0435 e. The number of pyridine rings is 2. The lowest BCUT2D eigenvalue weighted by Gasteiger charge is -2.15. The lowest BCUT2D eigenvalue weighted by atomic mass is 9.94. The number of hydrogen-bond donors (Lipinski definition) is 0. The summed E-state index contributed by atoms with van der Waals surface area (Å²) < 4.78 is 0. The van der Waals surface area contributed by atoms with Gasteiger partial charge in [-0.15, -0.1) is 0 Å². The third-order valence-electron chi connectivity index (χ3n) is 4.71. The smallest absolute Gasteiger partial charge is 0.0435 e. The van der Waals surface area contributed by atoms with Crippen molar-refractivity contribution in [2.75, 3.05) is 0 Å². The standard InChI is InChI=1S/C23H34N2/c1-7-8-22-13-19(14-23(25-22)17(4)5)11-18(6)12-21-10-9-20(15-24-21)16(2)3/h9-10,13-18H,7-8,11-12H2,1-6H3. The maximum absolute atomic E-state index is 4.83. The first kappa shape index (κ1) is 19.6. The van der Waals surface area contributed by atoms with Crippen molar-refractivity contribution in [3.8, 4) is 0 Å². The number of rotatable bonds is 8. The average Bonchev–Trinajstić information content (AvgIpc) is 2.55. The van der Waals surface area contributed by atoms with E-state index in [0.717, 1.165) is 25.7 Å². The average molecular weight is 339 g/mol. The Morgan fingerprint density at radius 3 is 2.20 bits per heavy atom. The zero-order valence-corrected chi connectivity index (χ0v) is 16.8. The van der Waals surface area contributed by atoms with Crippen LogP contribution >= 0.6 is 0 Å². The van der Waals surface area contributed by atoms with Crippen molar-refractivity contribution >= 4 is 0 Å². The van der Waals surface area contributed by atoms with Crippen LogP contribution in [-0.2, 0) is 19.3 Å². The number of hydrogen-bond acceptors (Lipinski definition) is 2. The molecule has 0 fully saturated rings. The summed E-state index contributed by atoms with van der Waals surface area (Å²) in [6.45, 7) is 13.4. The fourth-order valence-electron chi connectivity index (χ4n) is 3.20. The SMILES string of the molecule is CCCc1cc(CC(C)Cc2ccc(C(C)C)cn2)cc(C(C)C)n1. The van der Waals surface area contributed by atoms with Crippen molar-refractivity contribution in [2.24, 2.45) is 5.92 Å². The van der Waals surface area contributed by atoms with E-state index in [9.17, 15) is 0 Å². The summed E-state index contributed by atoms with van der Waals surface area (Å²) in [6.07, 6.45) is 6.37. The lowest BCUT2D eigenvalue weighted by Crippen LogP contribution is -2.08. The van der Waals surface area contributed by atoms with Gasteiger partial charge in [-0.3, -0.25) is 9.97 Å². The molecule has 2 heterocycles. The minimum atomic E-state index is 0.483. The van der Waals surface area contributed by atoms with E-state index in [0.29, 0.717) is 17.8 Å². The molecule has 0 saturated carbocycles. The molecule has 0 N–H and O–H groups in total. The van der Waals surface area contributed by atoms with Crippen LogP contribution in [0.1, 0.15) is 88.0 Å². The number of aromatic nitrogens is 2. The Bertz CT molecular complexity index is 656. The van der Waals surface area contributed by atoms with Gasteiger partial charge < -0.3 is 0 Å². The molecule has 2 rings (SSSR count). The third kappa shape index (κ3) is 5.95. The van der Waals surface area contributed by atoms with Gasteiger partial charge >= 0.3 is 0 Å². The van der Waals surface area contributed by atoms with Crippen molar-refractivity contribution in [1.82, 2.24) is 9.97 Å². The molecule has 0 aliphatic rings. The second kappa shape index (κ2) is 9.12. The van der Waals surface area contributed by atoms with Crippen molar-refractivity contribution < 1.29 is 0 Å². The Morgan fingerprint density at radius 1 is 0.880 bits per heavy atom. The van der Waals surface area contributed by atoms with E-state index in [1.54, 1.807) is 0 Å².